The lowest BCUT2D eigenvalue weighted by molar-refractivity contribution is 0.284. The predicted octanol–water partition coefficient (Wildman–Crippen LogP) is 4.42. The number of sulfonamides is 1. The molecule has 0 spiro atoms. The van der Waals surface area contributed by atoms with Gasteiger partial charge in [0, 0.05) is 30.6 Å². The number of ether oxygens (including phenoxy) is 2. The largest absolute Gasteiger partial charge is 0.497 e. The van der Waals surface area contributed by atoms with Crippen molar-refractivity contribution in [2.45, 2.75) is 49.5 Å². The van der Waals surface area contributed by atoms with Gasteiger partial charge in [-0.3, -0.25) is 0 Å². The molecule has 0 radical (unpaired) electrons. The number of hydrogen-bond donors (Lipinski definition) is 3. The second-order valence-corrected chi connectivity index (χ2v) is 11.7. The van der Waals surface area contributed by atoms with Crippen molar-refractivity contribution in [3.63, 3.8) is 0 Å². The maximum absolute atomic E-state index is 13.0. The van der Waals surface area contributed by atoms with Crippen LogP contribution in [0.2, 0.25) is 0 Å². The molecule has 9 nitrogen and oxygen atoms in total. The van der Waals surface area contributed by atoms with Crippen LogP contribution in [0.5, 0.6) is 11.5 Å². The van der Waals surface area contributed by atoms with E-state index in [0.29, 0.717) is 41.9 Å². The van der Waals surface area contributed by atoms with E-state index in [1.807, 2.05) is 18.2 Å². The monoisotopic (exact) mass is 525 g/mol. The minimum Gasteiger partial charge on any atom is -0.497 e. The van der Waals surface area contributed by atoms with Crippen LogP contribution in [-0.2, 0) is 10.0 Å². The minimum atomic E-state index is -3.71. The first kappa shape index (κ1) is 25.5. The summed E-state index contributed by atoms with van der Waals surface area (Å²) in [7, 11) is -0.740. The maximum Gasteiger partial charge on any atom is 0.244 e. The molecule has 0 bridgehead atoms. The molecule has 10 heteroatoms. The Hall–Kier alpha value is -3.11. The lowest BCUT2D eigenvalue weighted by atomic mass is 9.82. The Balaban J connectivity index is 1.14. The topological polar surface area (TPSA) is 114 Å². The van der Waals surface area contributed by atoms with Crippen molar-refractivity contribution in [3.8, 4) is 11.5 Å². The molecule has 0 amide bonds. The van der Waals surface area contributed by atoms with Crippen molar-refractivity contribution in [2.75, 3.05) is 37.9 Å². The molecule has 2 aromatic carbocycles. The van der Waals surface area contributed by atoms with Gasteiger partial charge in [-0.1, -0.05) is 12.1 Å². The lowest BCUT2D eigenvalue weighted by Gasteiger charge is -2.28. The number of benzene rings is 2. The van der Waals surface area contributed by atoms with Crippen LogP contribution in [0, 0.1) is 11.8 Å². The van der Waals surface area contributed by atoms with Crippen LogP contribution in [0.25, 0.3) is 10.9 Å². The molecule has 3 N–H and O–H groups in total. The number of rotatable bonds is 11. The van der Waals surface area contributed by atoms with Gasteiger partial charge in [0.05, 0.1) is 19.7 Å². The van der Waals surface area contributed by atoms with E-state index in [4.69, 9.17) is 19.4 Å². The SMILES string of the molecule is COc1ccc(OC)c(S(=O)(=O)NCC2CCC(CNc3nc(NC4CC4)c4ccccc4n3)CC2)c1. The predicted molar refractivity (Wildman–Crippen MR) is 145 cm³/mol. The summed E-state index contributed by atoms with van der Waals surface area (Å²) < 4.78 is 39.2. The summed E-state index contributed by atoms with van der Waals surface area (Å²) in [6.45, 7) is 1.22. The van der Waals surface area contributed by atoms with Gasteiger partial charge in [0.2, 0.25) is 16.0 Å². The Morgan fingerprint density at radius 2 is 1.62 bits per heavy atom. The highest BCUT2D eigenvalue weighted by Gasteiger charge is 2.26. The van der Waals surface area contributed by atoms with Gasteiger partial charge in [0.1, 0.15) is 22.2 Å². The molecule has 2 fully saturated rings. The zero-order valence-electron chi connectivity index (χ0n) is 21.4. The van der Waals surface area contributed by atoms with Crippen LogP contribution < -0.4 is 24.8 Å². The molecular weight excluding hydrogens is 490 g/mol. The van der Waals surface area contributed by atoms with Crippen LogP contribution >= 0.6 is 0 Å². The van der Waals surface area contributed by atoms with E-state index in [9.17, 15) is 8.42 Å². The third kappa shape index (κ3) is 6.24. The van der Waals surface area contributed by atoms with Crippen LogP contribution in [0.15, 0.2) is 47.4 Å². The molecule has 198 valence electrons. The minimum absolute atomic E-state index is 0.0955. The Kier molecular flexibility index (Phi) is 7.66. The number of anilines is 2. The average molecular weight is 526 g/mol. The third-order valence-corrected chi connectivity index (χ3v) is 8.70. The molecular formula is C27H35N5O4S. The number of fused-ring (bicyclic) bond motifs is 1. The Morgan fingerprint density at radius 3 is 2.32 bits per heavy atom. The average Bonchev–Trinajstić information content (AvgIpc) is 3.75. The molecule has 1 aromatic heterocycles. The van der Waals surface area contributed by atoms with Crippen molar-refractivity contribution < 1.29 is 17.9 Å². The quantitative estimate of drug-likeness (QED) is 0.337. The fourth-order valence-corrected chi connectivity index (χ4v) is 6.16. The summed E-state index contributed by atoms with van der Waals surface area (Å²) in [6, 6.07) is 13.4. The number of nitrogens with zero attached hydrogens (tertiary/aromatic N) is 2. The highest BCUT2D eigenvalue weighted by Crippen LogP contribution is 2.32. The maximum atomic E-state index is 13.0. The van der Waals surface area contributed by atoms with Gasteiger partial charge in [-0.25, -0.2) is 18.1 Å². The fourth-order valence-electron chi connectivity index (χ4n) is 4.86. The van der Waals surface area contributed by atoms with Gasteiger partial charge in [0.15, 0.2) is 0 Å². The van der Waals surface area contributed by atoms with Gasteiger partial charge in [-0.05, 0) is 74.6 Å². The molecule has 0 unspecified atom stereocenters. The van der Waals surface area contributed by atoms with Crippen molar-refractivity contribution in [2.24, 2.45) is 11.8 Å². The van der Waals surface area contributed by atoms with Gasteiger partial charge in [-0.2, -0.15) is 4.98 Å². The second kappa shape index (κ2) is 11.1. The summed E-state index contributed by atoms with van der Waals surface area (Å²) in [5.41, 5.74) is 0.937. The first-order chi connectivity index (χ1) is 17.9. The summed E-state index contributed by atoms with van der Waals surface area (Å²) in [4.78, 5) is 9.57. The number of methoxy groups -OCH3 is 2. The molecule has 0 atom stereocenters. The Morgan fingerprint density at radius 1 is 0.892 bits per heavy atom. The fraction of sp³-hybridized carbons (Fsp3) is 0.481. The van der Waals surface area contributed by atoms with E-state index in [2.05, 4.69) is 21.4 Å². The highest BCUT2D eigenvalue weighted by molar-refractivity contribution is 7.89. The van der Waals surface area contributed by atoms with Crippen molar-refractivity contribution in [1.29, 1.82) is 0 Å². The van der Waals surface area contributed by atoms with Crippen LogP contribution in [0.1, 0.15) is 38.5 Å². The molecule has 0 saturated heterocycles. The van der Waals surface area contributed by atoms with Gasteiger partial charge < -0.3 is 20.1 Å². The van der Waals surface area contributed by atoms with E-state index in [1.165, 1.54) is 33.1 Å². The normalized spacial score (nSPS) is 19.9. The summed E-state index contributed by atoms with van der Waals surface area (Å²) in [6.07, 6.45) is 6.38. The molecule has 1 heterocycles. The van der Waals surface area contributed by atoms with Crippen molar-refractivity contribution in [3.05, 3.63) is 42.5 Å². The molecule has 3 aromatic rings. The Bertz CT molecular complexity index is 1340. The van der Waals surface area contributed by atoms with E-state index >= 15 is 0 Å². The molecule has 2 aliphatic carbocycles. The van der Waals surface area contributed by atoms with E-state index in [-0.39, 0.29) is 4.90 Å². The molecule has 2 saturated carbocycles. The summed E-state index contributed by atoms with van der Waals surface area (Å²) in [5.74, 6) is 3.13. The standard InChI is InChI=1S/C27H35N5O4S/c1-35-21-13-14-24(36-2)25(15-21)37(33,34)29-17-19-9-7-18(8-10-19)16-28-27-31-23-6-4-3-5-22(23)26(32-27)30-20-11-12-20/h3-6,13-15,18-20,29H,7-12,16-17H2,1-2H3,(H2,28,30,31,32). The number of para-hydroxylation sites is 1. The van der Waals surface area contributed by atoms with Crippen LogP contribution in [-0.4, -0.2) is 51.7 Å². The first-order valence-electron chi connectivity index (χ1n) is 12.9. The Labute approximate surface area is 218 Å². The molecule has 5 rings (SSSR count). The molecule has 0 aliphatic heterocycles. The van der Waals surface area contributed by atoms with Gasteiger partial charge in [-0.15, -0.1) is 0 Å². The van der Waals surface area contributed by atoms with Gasteiger partial charge >= 0.3 is 0 Å². The van der Waals surface area contributed by atoms with E-state index in [0.717, 1.165) is 48.9 Å². The van der Waals surface area contributed by atoms with E-state index in [1.54, 1.807) is 12.1 Å². The summed E-state index contributed by atoms with van der Waals surface area (Å²) in [5, 5.41) is 8.04. The number of aromatic nitrogens is 2. The lowest BCUT2D eigenvalue weighted by Crippen LogP contribution is -2.32. The van der Waals surface area contributed by atoms with Crippen LogP contribution in [0.4, 0.5) is 11.8 Å². The highest BCUT2D eigenvalue weighted by atomic mass is 32.2. The smallest absolute Gasteiger partial charge is 0.244 e. The van der Waals surface area contributed by atoms with Gasteiger partial charge in [0.25, 0.3) is 0 Å². The molecule has 2 aliphatic rings. The third-order valence-electron chi connectivity index (χ3n) is 7.26. The molecule has 37 heavy (non-hydrogen) atoms. The first-order valence-corrected chi connectivity index (χ1v) is 14.4. The zero-order chi connectivity index (χ0) is 25.8. The van der Waals surface area contributed by atoms with Crippen molar-refractivity contribution >= 4 is 32.7 Å². The van der Waals surface area contributed by atoms with Crippen molar-refractivity contribution in [1.82, 2.24) is 14.7 Å². The van der Waals surface area contributed by atoms with Crippen LogP contribution in [0.3, 0.4) is 0 Å². The number of nitrogens with one attached hydrogen (secondary N) is 3. The van der Waals surface area contributed by atoms with E-state index < -0.39 is 10.0 Å². The number of hydrogen-bond acceptors (Lipinski definition) is 8. The summed E-state index contributed by atoms with van der Waals surface area (Å²) >= 11 is 0. The zero-order valence-corrected chi connectivity index (χ0v) is 22.2. The second-order valence-electron chi connectivity index (χ2n) is 9.97.